The highest BCUT2D eigenvalue weighted by molar-refractivity contribution is 5.97. The Morgan fingerprint density at radius 1 is 0.978 bits per heavy atom. The van der Waals surface area contributed by atoms with Crippen molar-refractivity contribution in [1.82, 2.24) is 26.3 Å². The van der Waals surface area contributed by atoms with Crippen LogP contribution in [0.15, 0.2) is 53.5 Å². The summed E-state index contributed by atoms with van der Waals surface area (Å²) < 4.78 is 0. The zero-order valence-corrected chi connectivity index (χ0v) is 26.8. The van der Waals surface area contributed by atoms with Gasteiger partial charge in [-0.05, 0) is 55.7 Å². The van der Waals surface area contributed by atoms with Gasteiger partial charge in [-0.1, -0.05) is 64.2 Å². The maximum Gasteiger partial charge on any atom is 0.270 e. The number of rotatable bonds is 14. The van der Waals surface area contributed by atoms with Crippen molar-refractivity contribution in [2.75, 3.05) is 6.54 Å². The number of allylic oxidation sites excluding steroid dienone is 1. The maximum absolute atomic E-state index is 13.6. The van der Waals surface area contributed by atoms with E-state index in [9.17, 15) is 24.0 Å². The lowest BCUT2D eigenvalue weighted by Gasteiger charge is -2.32. The van der Waals surface area contributed by atoms with E-state index in [2.05, 4.69) is 26.3 Å². The third-order valence-electron chi connectivity index (χ3n) is 9.06. The van der Waals surface area contributed by atoms with Crippen LogP contribution in [0, 0.1) is 24.7 Å². The number of hydrogen-bond donors (Lipinski definition) is 4. The van der Waals surface area contributed by atoms with E-state index in [1.165, 1.54) is 6.08 Å². The summed E-state index contributed by atoms with van der Waals surface area (Å²) in [5.74, 6) is 7.28. The summed E-state index contributed by atoms with van der Waals surface area (Å²) in [7, 11) is 0. The SMILES string of the molecule is Cc1cc2ccccc2nc1C(=O)NC(C(=C=O)NC(CC1CCCCC1)C(=C=O)NC(C=C=O)C[C@@H]1CCNC1=C=O)C(C)C. The molecule has 2 aromatic rings. The van der Waals surface area contributed by atoms with Crippen LogP contribution in [-0.4, -0.2) is 59.3 Å². The van der Waals surface area contributed by atoms with Gasteiger partial charge in [0.2, 0.25) is 0 Å². The van der Waals surface area contributed by atoms with E-state index in [1.807, 2.05) is 74.9 Å². The van der Waals surface area contributed by atoms with Crippen molar-refractivity contribution in [3.05, 3.63) is 64.8 Å². The Kier molecular flexibility index (Phi) is 12.3. The fraction of sp³-hybridized carbons (Fsp3) is 0.500. The summed E-state index contributed by atoms with van der Waals surface area (Å²) in [6.45, 7) is 6.21. The first-order valence-electron chi connectivity index (χ1n) is 16.2. The number of para-hydroxylation sites is 1. The van der Waals surface area contributed by atoms with Crippen molar-refractivity contribution in [3.8, 4) is 0 Å². The summed E-state index contributed by atoms with van der Waals surface area (Å²) in [6.07, 6.45) is 8.18. The van der Waals surface area contributed by atoms with Gasteiger partial charge in [-0.15, -0.1) is 0 Å². The lowest BCUT2D eigenvalue weighted by molar-refractivity contribution is 0.0926. The van der Waals surface area contributed by atoms with Crippen molar-refractivity contribution < 1.29 is 24.0 Å². The molecule has 1 aromatic heterocycles. The number of fused-ring (bicyclic) bond motifs is 1. The zero-order chi connectivity index (χ0) is 33.1. The Hall–Kier alpha value is -4.70. The number of nitrogens with zero attached hydrogens (tertiary/aromatic N) is 1. The molecule has 0 bridgehead atoms. The van der Waals surface area contributed by atoms with Crippen LogP contribution in [0.2, 0.25) is 0 Å². The number of hydrogen-bond acceptors (Lipinski definition) is 9. The normalized spacial score (nSPS) is 18.2. The second-order valence-electron chi connectivity index (χ2n) is 12.7. The third-order valence-corrected chi connectivity index (χ3v) is 9.06. The molecule has 1 aromatic carbocycles. The molecule has 1 amide bonds. The van der Waals surface area contributed by atoms with Crippen LogP contribution in [0.5, 0.6) is 0 Å². The average molecular weight is 626 g/mol. The van der Waals surface area contributed by atoms with Gasteiger partial charge in [-0.2, -0.15) is 0 Å². The van der Waals surface area contributed by atoms with Crippen LogP contribution in [0.25, 0.3) is 10.9 Å². The molecule has 46 heavy (non-hydrogen) atoms. The zero-order valence-electron chi connectivity index (χ0n) is 26.8. The lowest BCUT2D eigenvalue weighted by atomic mass is 9.84. The smallest absolute Gasteiger partial charge is 0.270 e. The first kappa shape index (κ1) is 34.2. The molecule has 4 N–H and O–H groups in total. The molecule has 1 saturated carbocycles. The summed E-state index contributed by atoms with van der Waals surface area (Å²) in [6, 6.07) is 7.42. The number of pyridine rings is 1. The van der Waals surface area contributed by atoms with E-state index in [0.29, 0.717) is 48.5 Å². The van der Waals surface area contributed by atoms with Crippen molar-refractivity contribution in [2.24, 2.45) is 17.8 Å². The topological polar surface area (TPSA) is 146 Å². The van der Waals surface area contributed by atoms with Crippen LogP contribution in [0.3, 0.4) is 0 Å². The molecule has 0 radical (unpaired) electrons. The first-order chi connectivity index (χ1) is 22.3. The highest BCUT2D eigenvalue weighted by Crippen LogP contribution is 2.30. The van der Waals surface area contributed by atoms with Crippen molar-refractivity contribution in [2.45, 2.75) is 90.3 Å². The molecule has 4 rings (SSSR count). The molecule has 1 aliphatic carbocycles. The van der Waals surface area contributed by atoms with Crippen molar-refractivity contribution in [3.63, 3.8) is 0 Å². The number of carbonyl (C=O) groups excluding carboxylic acids is 5. The Morgan fingerprint density at radius 2 is 1.72 bits per heavy atom. The maximum atomic E-state index is 13.6. The molecule has 2 heterocycles. The number of aromatic nitrogens is 1. The molecular formula is C36H43N5O5. The van der Waals surface area contributed by atoms with E-state index < -0.39 is 24.0 Å². The quantitative estimate of drug-likeness (QED) is 0.231. The largest absolute Gasteiger partial charge is 0.379 e. The monoisotopic (exact) mass is 625 g/mol. The lowest BCUT2D eigenvalue weighted by Crippen LogP contribution is -2.49. The molecule has 242 valence electrons. The molecule has 2 aliphatic rings. The standard InChI is InChI=1S/C36H43N5O5/c1-23(2)34(41-36(46)35-24(3)17-26-11-7-8-12-29(26)40-35)33(22-45)39-30(18-25-9-5-4-6-10-25)32(21-44)38-28(14-16-42)19-27-13-15-37-31(27)20-43/h7-8,11-12,14,17,23,25,27-28,30,34,37-39H,4-6,9-10,13,15,18-19H2,1-3H3,(H,41,46)/t27-,28?,30?,34?/m0/s1. The van der Waals surface area contributed by atoms with Crippen molar-refractivity contribution in [1.29, 1.82) is 0 Å². The Bertz CT molecular complexity index is 1600. The first-order valence-corrected chi connectivity index (χ1v) is 16.2. The van der Waals surface area contributed by atoms with Gasteiger partial charge >= 0.3 is 0 Å². The van der Waals surface area contributed by atoms with Crippen LogP contribution in [-0.2, 0) is 19.2 Å². The van der Waals surface area contributed by atoms with Gasteiger partial charge in [0.1, 0.15) is 40.9 Å². The number of amides is 1. The van der Waals surface area contributed by atoms with Gasteiger partial charge in [0.05, 0.1) is 29.3 Å². The molecule has 0 spiro atoms. The summed E-state index contributed by atoms with van der Waals surface area (Å²) in [5, 5.41) is 13.3. The summed E-state index contributed by atoms with van der Waals surface area (Å²) in [5.41, 5.74) is 2.35. The van der Waals surface area contributed by atoms with E-state index >= 15 is 0 Å². The molecule has 1 saturated heterocycles. The van der Waals surface area contributed by atoms with Crippen LogP contribution in [0.1, 0.15) is 81.3 Å². The Labute approximate surface area is 269 Å². The minimum absolute atomic E-state index is 0.103. The van der Waals surface area contributed by atoms with Gasteiger partial charge in [-0.3, -0.25) is 4.79 Å². The predicted octanol–water partition coefficient (Wildman–Crippen LogP) is 3.72. The fourth-order valence-corrected chi connectivity index (χ4v) is 6.59. The van der Waals surface area contributed by atoms with Gasteiger partial charge < -0.3 is 21.3 Å². The number of nitrogens with one attached hydrogen (secondary N) is 4. The van der Waals surface area contributed by atoms with Crippen LogP contribution >= 0.6 is 0 Å². The number of carbonyl (C=O) groups is 1. The third kappa shape index (κ3) is 8.72. The van der Waals surface area contributed by atoms with Gasteiger partial charge in [0.25, 0.3) is 5.91 Å². The molecule has 2 fully saturated rings. The van der Waals surface area contributed by atoms with Gasteiger partial charge in [0.15, 0.2) is 0 Å². The summed E-state index contributed by atoms with van der Waals surface area (Å²) in [4.78, 5) is 66.1. The second-order valence-corrected chi connectivity index (χ2v) is 12.7. The number of benzene rings is 1. The molecule has 4 atom stereocenters. The van der Waals surface area contributed by atoms with E-state index in [1.54, 1.807) is 0 Å². The predicted molar refractivity (Wildman–Crippen MR) is 176 cm³/mol. The Morgan fingerprint density at radius 3 is 2.39 bits per heavy atom. The van der Waals surface area contributed by atoms with Crippen LogP contribution < -0.4 is 21.3 Å². The van der Waals surface area contributed by atoms with E-state index in [0.717, 1.165) is 37.5 Å². The van der Waals surface area contributed by atoms with E-state index in [4.69, 9.17) is 0 Å². The molecule has 1 aliphatic heterocycles. The minimum Gasteiger partial charge on any atom is -0.379 e. The fourth-order valence-electron chi connectivity index (χ4n) is 6.59. The van der Waals surface area contributed by atoms with Crippen LogP contribution in [0.4, 0.5) is 0 Å². The number of aryl methyl sites for hydroxylation is 1. The molecule has 3 unspecified atom stereocenters. The molecule has 10 nitrogen and oxygen atoms in total. The minimum atomic E-state index is -0.755. The average Bonchev–Trinajstić information content (AvgIpc) is 3.51. The van der Waals surface area contributed by atoms with Gasteiger partial charge in [0, 0.05) is 23.9 Å². The highest BCUT2D eigenvalue weighted by atomic mass is 16.2. The second kappa shape index (κ2) is 16.6. The Balaban J connectivity index is 1.59. The summed E-state index contributed by atoms with van der Waals surface area (Å²) >= 11 is 0. The van der Waals surface area contributed by atoms with E-state index in [-0.39, 0.29) is 28.9 Å². The van der Waals surface area contributed by atoms with Gasteiger partial charge in [-0.25, -0.2) is 24.2 Å². The van der Waals surface area contributed by atoms with Crippen molar-refractivity contribution >= 4 is 40.6 Å². The molecule has 10 heteroatoms. The molecular weight excluding hydrogens is 582 g/mol. The highest BCUT2D eigenvalue weighted by Gasteiger charge is 2.31.